The topological polar surface area (TPSA) is 230 Å². The van der Waals surface area contributed by atoms with Crippen LogP contribution in [-0.2, 0) is 54.2 Å². The molecule has 20 heteroatoms. The van der Waals surface area contributed by atoms with Crippen molar-refractivity contribution in [3.8, 4) is 11.8 Å². The van der Waals surface area contributed by atoms with Gasteiger partial charge in [-0.3, -0.25) is 19.4 Å². The molecule has 48 heavy (non-hydrogen) atoms. The molecule has 0 unspecified atom stereocenters. The van der Waals surface area contributed by atoms with Gasteiger partial charge in [0.05, 0.1) is 29.8 Å². The summed E-state index contributed by atoms with van der Waals surface area (Å²) in [5.74, 6) is 1.34. The van der Waals surface area contributed by atoms with Crippen LogP contribution in [0.3, 0.4) is 0 Å². The van der Waals surface area contributed by atoms with Crippen molar-refractivity contribution in [3.05, 3.63) is 77.0 Å². The number of carboxylic acid groups (broad SMARTS) is 2. The van der Waals surface area contributed by atoms with Crippen LogP contribution in [0.25, 0.3) is 0 Å². The molecule has 1 aliphatic rings. The van der Waals surface area contributed by atoms with Gasteiger partial charge in [-0.1, -0.05) is 5.92 Å². The summed E-state index contributed by atoms with van der Waals surface area (Å²) in [7, 11) is 0. The second-order valence-electron chi connectivity index (χ2n) is 9.54. The molecule has 1 aromatic carbocycles. The van der Waals surface area contributed by atoms with Crippen LogP contribution in [0.1, 0.15) is 41.8 Å². The first kappa shape index (κ1) is 43.3. The quantitative estimate of drug-likeness (QED) is 0.127. The van der Waals surface area contributed by atoms with Gasteiger partial charge in [0.2, 0.25) is 5.91 Å². The van der Waals surface area contributed by atoms with E-state index >= 15 is 0 Å². The van der Waals surface area contributed by atoms with Crippen LogP contribution in [-0.4, -0.2) is 49.8 Å². The maximum absolute atomic E-state index is 13.4. The van der Waals surface area contributed by atoms with E-state index in [0.717, 1.165) is 17.0 Å². The average Bonchev–Trinajstić information content (AvgIpc) is 2.91. The Kier molecular flexibility index (Phi) is 15.8. The van der Waals surface area contributed by atoms with Crippen LogP contribution in [0.15, 0.2) is 48.7 Å². The minimum Gasteiger partial charge on any atom is -0.480 e. The number of anilines is 2. The molecule has 0 spiro atoms. The van der Waals surface area contributed by atoms with Crippen LogP contribution in [0.2, 0.25) is 0 Å². The fraction of sp³-hybridized carbons (Fsp3) is 0.286. The van der Waals surface area contributed by atoms with Crippen molar-refractivity contribution in [1.82, 2.24) is 27.5 Å². The molecule has 3 aromatic rings. The van der Waals surface area contributed by atoms with Crippen molar-refractivity contribution in [2.45, 2.75) is 38.0 Å². The van der Waals surface area contributed by atoms with Crippen LogP contribution in [0, 0.1) is 23.1 Å². The molecule has 1 fully saturated rings. The van der Waals surface area contributed by atoms with Gasteiger partial charge in [-0.2, -0.15) is 26.3 Å². The number of benzene rings is 1. The zero-order chi connectivity index (χ0) is 33.6. The molecule has 1 saturated carbocycles. The van der Waals surface area contributed by atoms with E-state index < -0.39 is 64.7 Å². The summed E-state index contributed by atoms with van der Waals surface area (Å²) in [5.41, 5.74) is 0.0648. The number of nitrogens with zero attached hydrogens (tertiary/aromatic N) is 4. The van der Waals surface area contributed by atoms with Gasteiger partial charge in [0, 0.05) is 32.9 Å². The number of nitrogen functional groups attached to an aromatic ring is 1. The maximum Gasteiger partial charge on any atom is 0.418 e. The zero-order valence-corrected chi connectivity index (χ0v) is 26.8. The van der Waals surface area contributed by atoms with Gasteiger partial charge in [-0.05, 0) is 67.6 Å². The third kappa shape index (κ3) is 11.0. The Bertz CT molecular complexity index is 1610. The Morgan fingerprint density at radius 1 is 0.917 bits per heavy atom. The number of hydrogen-bond acceptors (Lipinski definition) is 9. The molecular weight excluding hydrogens is 842 g/mol. The van der Waals surface area contributed by atoms with Gasteiger partial charge < -0.3 is 33.1 Å². The van der Waals surface area contributed by atoms with Crippen LogP contribution >= 0.6 is 0 Å². The number of alkyl halides is 6. The largest absolute Gasteiger partial charge is 0.480 e. The number of nitrogens with two attached hydrogens (primary N) is 1. The number of carbonyl (C=O) groups is 3. The van der Waals surface area contributed by atoms with Crippen LogP contribution in [0.5, 0.6) is 0 Å². The summed E-state index contributed by atoms with van der Waals surface area (Å²) < 4.78 is 92.3. The smallest absolute Gasteiger partial charge is 0.418 e. The Balaban J connectivity index is 0.00000146. The van der Waals surface area contributed by atoms with Crippen molar-refractivity contribution in [2.24, 2.45) is 5.41 Å². The van der Waals surface area contributed by atoms with Crippen molar-refractivity contribution in [1.29, 1.82) is 0 Å². The van der Waals surface area contributed by atoms with Crippen molar-refractivity contribution in [2.75, 3.05) is 17.2 Å². The normalized spacial score (nSPS) is 12.8. The van der Waals surface area contributed by atoms with Crippen molar-refractivity contribution >= 4 is 29.4 Å². The fourth-order valence-corrected chi connectivity index (χ4v) is 3.89. The fourth-order valence-electron chi connectivity index (χ4n) is 3.89. The van der Waals surface area contributed by atoms with E-state index in [4.69, 9.17) is 15.9 Å². The summed E-state index contributed by atoms with van der Waals surface area (Å²) in [4.78, 5) is 37.9. The molecule has 0 radical (unpaired) electrons. The van der Waals surface area contributed by atoms with Gasteiger partial charge in [-0.15, -0.1) is 10.2 Å². The van der Waals surface area contributed by atoms with Gasteiger partial charge in [0.25, 0.3) is 0 Å². The second-order valence-corrected chi connectivity index (χ2v) is 9.54. The number of aromatic nitrogens is 3. The first-order chi connectivity index (χ1) is 20.9. The number of carbonyl (C=O) groups excluding carboxylic acids is 1. The van der Waals surface area contributed by atoms with Crippen molar-refractivity contribution in [3.63, 3.8) is 0 Å². The molecule has 0 aliphatic heterocycles. The molecule has 10 N–H and O–H groups in total. The Hall–Kier alpha value is -4.66. The second kappa shape index (κ2) is 17.5. The molecule has 1 aliphatic carbocycles. The summed E-state index contributed by atoms with van der Waals surface area (Å²) in [6.45, 7) is -0.363. The first-order valence-corrected chi connectivity index (χ1v) is 12.7. The van der Waals surface area contributed by atoms with Crippen LogP contribution in [0.4, 0.5) is 42.2 Å². The Morgan fingerprint density at radius 3 is 1.92 bits per heavy atom. The summed E-state index contributed by atoms with van der Waals surface area (Å²) in [5, 5.41) is 24.3. The van der Waals surface area contributed by atoms with Gasteiger partial charge >= 0.3 is 24.3 Å². The van der Waals surface area contributed by atoms with E-state index in [1.54, 1.807) is 0 Å². The molecule has 12 nitrogen and oxygen atoms in total. The third-order valence-electron chi connectivity index (χ3n) is 6.53. The molecule has 264 valence electrons. The minimum atomic E-state index is -5.20. The predicted octanol–water partition coefficient (Wildman–Crippen LogP) is 4.91. The molecular formula is C28H28F7N7O5Pt. The van der Waals surface area contributed by atoms with Crippen LogP contribution < -0.4 is 22.9 Å². The summed E-state index contributed by atoms with van der Waals surface area (Å²) in [6.07, 6.45) is -9.77. The Labute approximate surface area is 282 Å². The number of aliphatic carboxylic acids is 2. The van der Waals surface area contributed by atoms with E-state index in [0.29, 0.717) is 6.42 Å². The number of amides is 1. The maximum atomic E-state index is 13.4. The average molecular weight is 871 g/mol. The minimum absolute atomic E-state index is 0. The van der Waals surface area contributed by atoms with Crippen molar-refractivity contribution < 1.29 is 76.4 Å². The SMILES string of the molecule is N.N.Nc1ccc(C#CCN(C(=O)Cc2ncc(C(F)(F)F)cc2C(F)(F)F)c2ccc(F)cc2)nn1.O=C(O)C1(C(=O)O)CCC1.[Pt]. The van der Waals surface area contributed by atoms with E-state index in [2.05, 4.69) is 27.0 Å². The standard InChI is InChI=1S/C22H14F7N5O.C6H8O4.2H3N.Pt/c23-14-3-6-16(7-4-14)34(9-1-2-15-5-8-19(30)33-32-15)20(35)11-18-17(22(27,28)29)10-13(12-31-18)21(24,25)26;7-4(8)6(5(9)10)2-1-3-6;;;/h3-8,10,12H,9,11H2,(H2,30,33);1-3H2,(H,7,8)(H,9,10);2*1H3;. The van der Waals surface area contributed by atoms with Gasteiger partial charge in [0.15, 0.2) is 5.41 Å². The number of pyridine rings is 1. The van der Waals surface area contributed by atoms with Gasteiger partial charge in [-0.25, -0.2) is 4.39 Å². The number of halogens is 7. The number of carboxylic acids is 2. The van der Waals surface area contributed by atoms with E-state index in [1.165, 1.54) is 24.3 Å². The first-order valence-electron chi connectivity index (χ1n) is 12.7. The van der Waals surface area contributed by atoms with E-state index in [-0.39, 0.29) is 82.2 Å². The third-order valence-corrected chi connectivity index (χ3v) is 6.53. The predicted molar refractivity (Wildman–Crippen MR) is 152 cm³/mol. The monoisotopic (exact) mass is 870 g/mol. The van der Waals surface area contributed by atoms with E-state index in [9.17, 15) is 45.1 Å². The number of hydrogen-bond donors (Lipinski definition) is 5. The summed E-state index contributed by atoms with van der Waals surface area (Å²) >= 11 is 0. The Morgan fingerprint density at radius 2 is 1.50 bits per heavy atom. The van der Waals surface area contributed by atoms with E-state index in [1.807, 2.05) is 0 Å². The molecule has 1 amide bonds. The molecule has 0 saturated heterocycles. The molecule has 2 heterocycles. The zero-order valence-electron chi connectivity index (χ0n) is 24.5. The summed E-state index contributed by atoms with van der Waals surface area (Å²) in [6, 6.07) is 7.21. The molecule has 0 bridgehead atoms. The number of rotatable bonds is 6. The molecule has 2 aromatic heterocycles. The van der Waals surface area contributed by atoms with Gasteiger partial charge in [0.1, 0.15) is 17.3 Å². The molecule has 0 atom stereocenters. The molecule has 4 rings (SSSR count).